The summed E-state index contributed by atoms with van der Waals surface area (Å²) in [7, 11) is 0. The van der Waals surface area contributed by atoms with Crippen molar-refractivity contribution in [3.05, 3.63) is 60.2 Å². The molecule has 3 heteroatoms. The number of aliphatic carboxylic acids is 1. The molecule has 0 saturated heterocycles. The van der Waals surface area contributed by atoms with Crippen molar-refractivity contribution in [2.75, 3.05) is 0 Å². The molecule has 1 aromatic rings. The second-order valence-corrected chi connectivity index (χ2v) is 3.75. The molecule has 0 spiro atoms. The maximum absolute atomic E-state index is 11.1. The van der Waals surface area contributed by atoms with Crippen molar-refractivity contribution in [1.82, 2.24) is 0 Å². The van der Waals surface area contributed by atoms with Gasteiger partial charge in [0, 0.05) is 0 Å². The molecule has 0 radical (unpaired) electrons. The molecule has 0 fully saturated rings. The van der Waals surface area contributed by atoms with Crippen molar-refractivity contribution in [2.24, 2.45) is 5.92 Å². The van der Waals surface area contributed by atoms with Gasteiger partial charge in [0.25, 0.3) is 0 Å². The standard InChI is InChI=1S/C13H12O3/c14-12(15)11-8-4-5-9-13(11,16)10-6-2-1-3-7-10/h1-9,11,16H,(H,14,15). The second kappa shape index (κ2) is 3.94. The quantitative estimate of drug-likeness (QED) is 0.791. The molecule has 1 aliphatic rings. The van der Waals surface area contributed by atoms with Crippen LogP contribution in [0.15, 0.2) is 54.6 Å². The van der Waals surface area contributed by atoms with Gasteiger partial charge in [-0.3, -0.25) is 4.79 Å². The molecule has 2 rings (SSSR count). The van der Waals surface area contributed by atoms with Gasteiger partial charge in [-0.15, -0.1) is 0 Å². The van der Waals surface area contributed by atoms with Crippen LogP contribution in [0.4, 0.5) is 0 Å². The maximum Gasteiger partial charge on any atom is 0.314 e. The second-order valence-electron chi connectivity index (χ2n) is 3.75. The van der Waals surface area contributed by atoms with Crippen LogP contribution in [0.5, 0.6) is 0 Å². The number of carbonyl (C=O) groups is 1. The van der Waals surface area contributed by atoms with E-state index in [4.69, 9.17) is 5.11 Å². The topological polar surface area (TPSA) is 57.5 Å². The van der Waals surface area contributed by atoms with Gasteiger partial charge in [-0.25, -0.2) is 0 Å². The summed E-state index contributed by atoms with van der Waals surface area (Å²) in [5, 5.41) is 19.5. The summed E-state index contributed by atoms with van der Waals surface area (Å²) >= 11 is 0. The minimum atomic E-state index is -1.46. The summed E-state index contributed by atoms with van der Waals surface area (Å²) < 4.78 is 0. The number of hydrogen-bond acceptors (Lipinski definition) is 2. The fourth-order valence-corrected chi connectivity index (χ4v) is 1.88. The van der Waals surface area contributed by atoms with E-state index in [-0.39, 0.29) is 0 Å². The zero-order valence-corrected chi connectivity index (χ0v) is 8.58. The van der Waals surface area contributed by atoms with E-state index in [0.29, 0.717) is 5.56 Å². The molecule has 0 saturated carbocycles. The molecule has 0 amide bonds. The van der Waals surface area contributed by atoms with E-state index in [0.717, 1.165) is 0 Å². The fourth-order valence-electron chi connectivity index (χ4n) is 1.88. The largest absolute Gasteiger partial charge is 0.481 e. The molecule has 82 valence electrons. The Morgan fingerprint density at radius 1 is 1.19 bits per heavy atom. The van der Waals surface area contributed by atoms with Gasteiger partial charge in [0.1, 0.15) is 11.5 Å². The van der Waals surface area contributed by atoms with Crippen molar-refractivity contribution in [1.29, 1.82) is 0 Å². The van der Waals surface area contributed by atoms with Gasteiger partial charge in [-0.05, 0) is 11.6 Å². The third-order valence-corrected chi connectivity index (χ3v) is 2.74. The highest BCUT2D eigenvalue weighted by Gasteiger charge is 2.40. The number of aliphatic hydroxyl groups is 1. The summed E-state index contributed by atoms with van der Waals surface area (Å²) in [6.45, 7) is 0. The van der Waals surface area contributed by atoms with Gasteiger partial charge < -0.3 is 10.2 Å². The number of benzene rings is 1. The van der Waals surface area contributed by atoms with Crippen molar-refractivity contribution in [2.45, 2.75) is 5.60 Å². The van der Waals surface area contributed by atoms with E-state index in [1.54, 1.807) is 36.4 Å². The van der Waals surface area contributed by atoms with Crippen LogP contribution in [-0.2, 0) is 10.4 Å². The summed E-state index contributed by atoms with van der Waals surface area (Å²) in [5.74, 6) is -1.98. The van der Waals surface area contributed by atoms with Crippen LogP contribution < -0.4 is 0 Å². The Morgan fingerprint density at radius 2 is 1.88 bits per heavy atom. The number of rotatable bonds is 2. The van der Waals surface area contributed by atoms with Crippen LogP contribution in [0.1, 0.15) is 5.56 Å². The summed E-state index contributed by atoms with van der Waals surface area (Å²) in [4.78, 5) is 11.1. The average molecular weight is 216 g/mol. The Hall–Kier alpha value is -1.87. The monoisotopic (exact) mass is 216 g/mol. The Labute approximate surface area is 93.4 Å². The molecule has 2 N–H and O–H groups in total. The van der Waals surface area contributed by atoms with Crippen molar-refractivity contribution in [3.63, 3.8) is 0 Å². The Bertz CT molecular complexity index is 448. The van der Waals surface area contributed by atoms with Crippen LogP contribution >= 0.6 is 0 Å². The van der Waals surface area contributed by atoms with Crippen LogP contribution in [0.2, 0.25) is 0 Å². The lowest BCUT2D eigenvalue weighted by Gasteiger charge is -2.31. The van der Waals surface area contributed by atoms with E-state index < -0.39 is 17.5 Å². The van der Waals surface area contributed by atoms with E-state index in [1.807, 2.05) is 6.07 Å². The van der Waals surface area contributed by atoms with Crippen LogP contribution in [0, 0.1) is 5.92 Å². The zero-order valence-electron chi connectivity index (χ0n) is 8.58. The molecule has 3 nitrogen and oxygen atoms in total. The van der Waals surface area contributed by atoms with Gasteiger partial charge >= 0.3 is 5.97 Å². The molecular formula is C13H12O3. The molecule has 2 atom stereocenters. The van der Waals surface area contributed by atoms with Gasteiger partial charge in [-0.1, -0.05) is 48.6 Å². The lowest BCUT2D eigenvalue weighted by Crippen LogP contribution is -2.38. The number of hydrogen-bond donors (Lipinski definition) is 2. The minimum Gasteiger partial charge on any atom is -0.481 e. The summed E-state index contributed by atoms with van der Waals surface area (Å²) in [6.07, 6.45) is 6.30. The van der Waals surface area contributed by atoms with Crippen molar-refractivity contribution < 1.29 is 15.0 Å². The molecule has 0 aromatic heterocycles. The van der Waals surface area contributed by atoms with E-state index in [2.05, 4.69) is 0 Å². The molecule has 0 aliphatic heterocycles. The number of carboxylic acid groups (broad SMARTS) is 1. The lowest BCUT2D eigenvalue weighted by atomic mass is 9.78. The first-order chi connectivity index (χ1) is 7.64. The summed E-state index contributed by atoms with van der Waals surface area (Å²) in [5.41, 5.74) is -0.870. The van der Waals surface area contributed by atoms with Crippen LogP contribution in [-0.4, -0.2) is 16.2 Å². The van der Waals surface area contributed by atoms with Gasteiger partial charge in [0.05, 0.1) is 0 Å². The molecule has 1 aliphatic carbocycles. The normalized spacial score (nSPS) is 27.9. The van der Waals surface area contributed by atoms with E-state index in [1.165, 1.54) is 12.2 Å². The zero-order chi connectivity index (χ0) is 11.6. The summed E-state index contributed by atoms with van der Waals surface area (Å²) in [6, 6.07) is 8.82. The average Bonchev–Trinajstić information content (AvgIpc) is 2.30. The van der Waals surface area contributed by atoms with Gasteiger partial charge in [0.2, 0.25) is 0 Å². The molecule has 16 heavy (non-hydrogen) atoms. The first-order valence-corrected chi connectivity index (χ1v) is 5.01. The molecule has 2 unspecified atom stereocenters. The highest BCUT2D eigenvalue weighted by molar-refractivity contribution is 5.75. The SMILES string of the molecule is O=C(O)C1C=CC=CC1(O)c1ccccc1. The molecule has 1 aromatic carbocycles. The maximum atomic E-state index is 11.1. The molecular weight excluding hydrogens is 204 g/mol. The highest BCUT2D eigenvalue weighted by Crippen LogP contribution is 2.34. The lowest BCUT2D eigenvalue weighted by molar-refractivity contribution is -0.146. The predicted octanol–water partition coefficient (Wildman–Crippen LogP) is 1.70. The highest BCUT2D eigenvalue weighted by atomic mass is 16.4. The Morgan fingerprint density at radius 3 is 2.50 bits per heavy atom. The smallest absolute Gasteiger partial charge is 0.314 e. The minimum absolute atomic E-state index is 0.586. The third-order valence-electron chi connectivity index (χ3n) is 2.74. The Kier molecular flexibility index (Phi) is 2.62. The van der Waals surface area contributed by atoms with E-state index >= 15 is 0 Å². The molecule has 0 heterocycles. The molecule has 0 bridgehead atoms. The fraction of sp³-hybridized carbons (Fsp3) is 0.154. The number of allylic oxidation sites excluding steroid dienone is 2. The predicted molar refractivity (Wildman–Crippen MR) is 59.7 cm³/mol. The third kappa shape index (κ3) is 1.66. The van der Waals surface area contributed by atoms with Gasteiger partial charge in [0.15, 0.2) is 0 Å². The first-order valence-electron chi connectivity index (χ1n) is 5.01. The van der Waals surface area contributed by atoms with Crippen molar-refractivity contribution >= 4 is 5.97 Å². The van der Waals surface area contributed by atoms with Crippen LogP contribution in [0.25, 0.3) is 0 Å². The van der Waals surface area contributed by atoms with Crippen LogP contribution in [0.3, 0.4) is 0 Å². The van der Waals surface area contributed by atoms with Gasteiger partial charge in [-0.2, -0.15) is 0 Å². The number of carboxylic acids is 1. The Balaban J connectivity index is 2.47. The van der Waals surface area contributed by atoms with E-state index in [9.17, 15) is 9.90 Å². The first kappa shape index (κ1) is 10.6. The van der Waals surface area contributed by atoms with Crippen molar-refractivity contribution in [3.8, 4) is 0 Å².